The van der Waals surface area contributed by atoms with E-state index in [1.807, 2.05) is 18.9 Å². The van der Waals surface area contributed by atoms with Crippen LogP contribution in [0.25, 0.3) is 0 Å². The molecule has 20 heavy (non-hydrogen) atoms. The van der Waals surface area contributed by atoms with Crippen molar-refractivity contribution in [2.24, 2.45) is 5.73 Å². The van der Waals surface area contributed by atoms with Gasteiger partial charge in [0.15, 0.2) is 0 Å². The molecule has 0 aliphatic carbocycles. The molecule has 114 valence electrons. The lowest BCUT2D eigenvalue weighted by Crippen LogP contribution is -2.33. The number of sulfonamides is 1. The number of hydrogen-bond donors (Lipinski definition) is 2. The zero-order valence-electron chi connectivity index (χ0n) is 11.5. The van der Waals surface area contributed by atoms with Crippen LogP contribution in [0.5, 0.6) is 0 Å². The van der Waals surface area contributed by atoms with Crippen molar-refractivity contribution >= 4 is 33.2 Å². The summed E-state index contributed by atoms with van der Waals surface area (Å²) < 4.78 is 27.0. The van der Waals surface area contributed by atoms with Gasteiger partial charge in [-0.15, -0.1) is 0 Å². The second-order valence-electron chi connectivity index (χ2n) is 4.37. The number of halogens is 2. The molecule has 8 heteroatoms. The third-order valence-corrected chi connectivity index (χ3v) is 5.18. The summed E-state index contributed by atoms with van der Waals surface area (Å²) in [6.07, 6.45) is 0. The van der Waals surface area contributed by atoms with E-state index in [9.17, 15) is 8.42 Å². The molecule has 1 aromatic rings. The van der Waals surface area contributed by atoms with Gasteiger partial charge in [0, 0.05) is 24.7 Å². The minimum absolute atomic E-state index is 0.0359. The molecule has 0 atom stereocenters. The Balaban J connectivity index is 2.95. The molecule has 1 rings (SSSR count). The predicted octanol–water partition coefficient (Wildman–Crippen LogP) is 1.68. The van der Waals surface area contributed by atoms with E-state index < -0.39 is 10.0 Å². The standard InChI is InChI=1S/C12H19Cl2N3O2S/c1-3-17(2)5-4-16-20(18,19)11-7-10(13)6-9(8-15)12(11)14/h6-7,16H,3-5,8,15H2,1-2H3. The molecule has 0 saturated carbocycles. The van der Waals surface area contributed by atoms with Crippen LogP contribution in [0, 0.1) is 0 Å². The first-order valence-corrected chi connectivity index (χ1v) is 8.42. The number of nitrogens with two attached hydrogens (primary N) is 1. The molecule has 0 spiro atoms. The molecular weight excluding hydrogens is 321 g/mol. The molecule has 3 N–H and O–H groups in total. The minimum atomic E-state index is -3.70. The molecule has 0 aliphatic rings. The van der Waals surface area contributed by atoms with Gasteiger partial charge in [-0.3, -0.25) is 0 Å². The molecule has 0 fully saturated rings. The van der Waals surface area contributed by atoms with E-state index in [0.29, 0.717) is 23.7 Å². The molecule has 0 bridgehead atoms. The van der Waals surface area contributed by atoms with Gasteiger partial charge in [-0.1, -0.05) is 30.1 Å². The van der Waals surface area contributed by atoms with Crippen molar-refractivity contribution in [3.8, 4) is 0 Å². The summed E-state index contributed by atoms with van der Waals surface area (Å²) in [6, 6.07) is 2.89. The molecule has 0 amide bonds. The van der Waals surface area contributed by atoms with E-state index in [-0.39, 0.29) is 16.5 Å². The van der Waals surface area contributed by atoms with E-state index in [4.69, 9.17) is 28.9 Å². The van der Waals surface area contributed by atoms with Crippen LogP contribution in [0.2, 0.25) is 10.0 Å². The van der Waals surface area contributed by atoms with Crippen LogP contribution in [-0.2, 0) is 16.6 Å². The monoisotopic (exact) mass is 339 g/mol. The third kappa shape index (κ3) is 4.58. The second kappa shape index (κ2) is 7.59. The van der Waals surface area contributed by atoms with Crippen molar-refractivity contribution in [2.45, 2.75) is 18.4 Å². The van der Waals surface area contributed by atoms with E-state index in [1.54, 1.807) is 6.07 Å². The summed E-state index contributed by atoms with van der Waals surface area (Å²) in [5, 5.41) is 0.411. The Morgan fingerprint density at radius 3 is 2.55 bits per heavy atom. The van der Waals surface area contributed by atoms with Crippen LogP contribution in [0.1, 0.15) is 12.5 Å². The maximum absolute atomic E-state index is 12.2. The molecule has 0 aromatic heterocycles. The summed E-state index contributed by atoms with van der Waals surface area (Å²) in [4.78, 5) is 1.96. The second-order valence-corrected chi connectivity index (χ2v) is 6.92. The number of hydrogen-bond acceptors (Lipinski definition) is 4. The van der Waals surface area contributed by atoms with Crippen LogP contribution in [0.4, 0.5) is 0 Å². The number of nitrogens with zero attached hydrogens (tertiary/aromatic N) is 1. The largest absolute Gasteiger partial charge is 0.326 e. The van der Waals surface area contributed by atoms with Gasteiger partial charge in [-0.2, -0.15) is 0 Å². The quantitative estimate of drug-likeness (QED) is 0.792. The molecule has 0 heterocycles. The maximum atomic E-state index is 12.2. The Bertz CT molecular complexity index is 564. The van der Waals surface area contributed by atoms with Crippen molar-refractivity contribution in [1.29, 1.82) is 0 Å². The number of benzene rings is 1. The van der Waals surface area contributed by atoms with Gasteiger partial charge in [0.1, 0.15) is 4.90 Å². The maximum Gasteiger partial charge on any atom is 0.242 e. The van der Waals surface area contributed by atoms with Crippen molar-refractivity contribution in [2.75, 3.05) is 26.7 Å². The lowest BCUT2D eigenvalue weighted by molar-refractivity contribution is 0.358. The minimum Gasteiger partial charge on any atom is -0.326 e. The SMILES string of the molecule is CCN(C)CCNS(=O)(=O)c1cc(Cl)cc(CN)c1Cl. The highest BCUT2D eigenvalue weighted by Gasteiger charge is 2.20. The molecule has 0 aliphatic heterocycles. The molecule has 0 radical (unpaired) electrons. The Morgan fingerprint density at radius 1 is 1.35 bits per heavy atom. The average molecular weight is 340 g/mol. The lowest BCUT2D eigenvalue weighted by atomic mass is 10.2. The Kier molecular flexibility index (Phi) is 6.71. The van der Waals surface area contributed by atoms with Crippen LogP contribution in [0.15, 0.2) is 17.0 Å². The number of nitrogens with one attached hydrogen (secondary N) is 1. The Morgan fingerprint density at radius 2 is 2.00 bits per heavy atom. The predicted molar refractivity (Wildman–Crippen MR) is 82.7 cm³/mol. The summed E-state index contributed by atoms with van der Waals surface area (Å²) in [6.45, 7) is 3.87. The van der Waals surface area contributed by atoms with Gasteiger partial charge < -0.3 is 10.6 Å². The van der Waals surface area contributed by atoms with Crippen LogP contribution >= 0.6 is 23.2 Å². The fourth-order valence-electron chi connectivity index (χ4n) is 1.57. The fourth-order valence-corrected chi connectivity index (χ4v) is 3.53. The first-order chi connectivity index (χ1) is 9.31. The highest BCUT2D eigenvalue weighted by atomic mass is 35.5. The number of likely N-dealkylation sites (N-methyl/N-ethyl adjacent to an activating group) is 1. The van der Waals surface area contributed by atoms with Gasteiger partial charge in [-0.25, -0.2) is 13.1 Å². The summed E-state index contributed by atoms with van der Waals surface area (Å²) >= 11 is 12.0. The Hall–Kier alpha value is -0.370. The molecule has 0 unspecified atom stereocenters. The average Bonchev–Trinajstić information content (AvgIpc) is 2.40. The van der Waals surface area contributed by atoms with Gasteiger partial charge in [-0.05, 0) is 31.3 Å². The third-order valence-electron chi connectivity index (χ3n) is 2.91. The Labute approximate surface area is 130 Å². The fraction of sp³-hybridized carbons (Fsp3) is 0.500. The lowest BCUT2D eigenvalue weighted by Gasteiger charge is -2.15. The van der Waals surface area contributed by atoms with Crippen molar-refractivity contribution in [3.63, 3.8) is 0 Å². The zero-order valence-corrected chi connectivity index (χ0v) is 13.8. The molecule has 1 aromatic carbocycles. The van der Waals surface area contributed by atoms with Crippen molar-refractivity contribution in [3.05, 3.63) is 27.7 Å². The topological polar surface area (TPSA) is 75.4 Å². The highest BCUT2D eigenvalue weighted by molar-refractivity contribution is 7.89. The normalized spacial score (nSPS) is 12.1. The van der Waals surface area contributed by atoms with Crippen molar-refractivity contribution in [1.82, 2.24) is 9.62 Å². The molecule has 5 nitrogen and oxygen atoms in total. The van der Waals surface area contributed by atoms with Crippen LogP contribution in [0.3, 0.4) is 0 Å². The van der Waals surface area contributed by atoms with Gasteiger partial charge in [0.05, 0.1) is 5.02 Å². The summed E-state index contributed by atoms with van der Waals surface area (Å²) in [7, 11) is -1.79. The zero-order chi connectivity index (χ0) is 15.3. The van der Waals surface area contributed by atoms with Gasteiger partial charge >= 0.3 is 0 Å². The van der Waals surface area contributed by atoms with Gasteiger partial charge in [0.25, 0.3) is 0 Å². The highest BCUT2D eigenvalue weighted by Crippen LogP contribution is 2.29. The van der Waals surface area contributed by atoms with Crippen LogP contribution in [-0.4, -0.2) is 40.0 Å². The van der Waals surface area contributed by atoms with Crippen LogP contribution < -0.4 is 10.5 Å². The van der Waals surface area contributed by atoms with E-state index >= 15 is 0 Å². The first kappa shape index (κ1) is 17.7. The van der Waals surface area contributed by atoms with E-state index in [2.05, 4.69) is 4.72 Å². The first-order valence-electron chi connectivity index (χ1n) is 6.18. The summed E-state index contributed by atoms with van der Waals surface area (Å²) in [5.41, 5.74) is 6.03. The van der Waals surface area contributed by atoms with Gasteiger partial charge in [0.2, 0.25) is 10.0 Å². The van der Waals surface area contributed by atoms with Crippen molar-refractivity contribution < 1.29 is 8.42 Å². The smallest absolute Gasteiger partial charge is 0.242 e. The molecule has 0 saturated heterocycles. The number of rotatable bonds is 7. The molecular formula is C12H19Cl2N3O2S. The van der Waals surface area contributed by atoms with E-state index in [0.717, 1.165) is 6.54 Å². The summed E-state index contributed by atoms with van der Waals surface area (Å²) in [5.74, 6) is 0. The van der Waals surface area contributed by atoms with E-state index in [1.165, 1.54) is 6.07 Å².